The molecule has 1 aliphatic rings. The van der Waals surface area contributed by atoms with E-state index in [1.54, 1.807) is 0 Å². The molecule has 1 fully saturated rings. The molecule has 0 bridgehead atoms. The van der Waals surface area contributed by atoms with Gasteiger partial charge in [-0.2, -0.15) is 0 Å². The van der Waals surface area contributed by atoms with Crippen LogP contribution in [0.2, 0.25) is 0 Å². The van der Waals surface area contributed by atoms with Crippen molar-refractivity contribution >= 4 is 45.6 Å². The van der Waals surface area contributed by atoms with Crippen molar-refractivity contribution in [1.29, 1.82) is 0 Å². The van der Waals surface area contributed by atoms with Gasteiger partial charge in [-0.15, -0.1) is 12.4 Å². The van der Waals surface area contributed by atoms with Gasteiger partial charge in [0.2, 0.25) is 5.91 Å². The Bertz CT molecular complexity index is 511. The molecule has 1 heterocycles. The number of anilines is 2. The Morgan fingerprint density at radius 3 is 2.81 bits per heavy atom. The Kier molecular flexibility index (Phi) is 6.97. The molecule has 3 N–H and O–H groups in total. The zero-order valence-electron chi connectivity index (χ0n) is 12.3. The monoisotopic (exact) mass is 376 g/mol. The molecule has 0 saturated carbocycles. The molecule has 118 valence electrons. The Morgan fingerprint density at radius 1 is 1.48 bits per heavy atom. The van der Waals surface area contributed by atoms with E-state index in [1.165, 1.54) is 0 Å². The van der Waals surface area contributed by atoms with Crippen LogP contribution in [0.3, 0.4) is 0 Å². The quantitative estimate of drug-likeness (QED) is 0.778. The number of amides is 1. The predicted molar refractivity (Wildman–Crippen MR) is 92.0 cm³/mol. The van der Waals surface area contributed by atoms with Crippen molar-refractivity contribution in [2.45, 2.75) is 51.7 Å². The number of hydrogen-bond donors (Lipinski definition) is 2. The van der Waals surface area contributed by atoms with Gasteiger partial charge >= 0.3 is 0 Å². The molecule has 1 amide bonds. The van der Waals surface area contributed by atoms with Gasteiger partial charge in [-0.05, 0) is 50.8 Å². The van der Waals surface area contributed by atoms with Crippen LogP contribution < -0.4 is 11.1 Å². The maximum absolute atomic E-state index is 12.0. The lowest BCUT2D eigenvalue weighted by atomic mass is 10.1. The van der Waals surface area contributed by atoms with E-state index in [9.17, 15) is 4.79 Å². The summed E-state index contributed by atoms with van der Waals surface area (Å²) >= 11 is 3.41. The number of nitrogen functional groups attached to an aromatic ring is 1. The van der Waals surface area contributed by atoms with Gasteiger partial charge in [0.15, 0.2) is 0 Å². The SMILES string of the molecule is Cc1cc(Br)cc(NC(=O)CCC2CCC(C)O2)c1N.Cl. The van der Waals surface area contributed by atoms with Crippen molar-refractivity contribution in [1.82, 2.24) is 0 Å². The zero-order chi connectivity index (χ0) is 14.7. The first-order valence-corrected chi connectivity index (χ1v) is 7.76. The molecule has 1 aliphatic heterocycles. The van der Waals surface area contributed by atoms with Crippen LogP contribution in [0.25, 0.3) is 0 Å². The van der Waals surface area contributed by atoms with Crippen LogP contribution in [0.15, 0.2) is 16.6 Å². The smallest absolute Gasteiger partial charge is 0.224 e. The Balaban J connectivity index is 0.00000220. The summed E-state index contributed by atoms with van der Waals surface area (Å²) in [7, 11) is 0. The van der Waals surface area contributed by atoms with Gasteiger partial charge in [0.25, 0.3) is 0 Å². The van der Waals surface area contributed by atoms with E-state index in [1.807, 2.05) is 19.1 Å². The molecule has 0 radical (unpaired) electrons. The van der Waals surface area contributed by atoms with Gasteiger partial charge in [0.05, 0.1) is 23.6 Å². The Morgan fingerprint density at radius 2 is 2.19 bits per heavy atom. The third-order valence-corrected chi connectivity index (χ3v) is 4.10. The highest BCUT2D eigenvalue weighted by molar-refractivity contribution is 9.10. The van der Waals surface area contributed by atoms with E-state index in [-0.39, 0.29) is 24.4 Å². The standard InChI is InChI=1S/C15H21BrN2O2.ClH/c1-9-7-11(16)8-13(15(9)17)18-14(19)6-5-12-4-3-10(2)20-12;/h7-8,10,12H,3-6,17H2,1-2H3,(H,18,19);1H. The van der Waals surface area contributed by atoms with Crippen molar-refractivity contribution < 1.29 is 9.53 Å². The van der Waals surface area contributed by atoms with E-state index < -0.39 is 0 Å². The molecule has 2 atom stereocenters. The van der Waals surface area contributed by atoms with Gasteiger partial charge in [-0.25, -0.2) is 0 Å². The van der Waals surface area contributed by atoms with Gasteiger partial charge < -0.3 is 15.8 Å². The second-order valence-corrected chi connectivity index (χ2v) is 6.33. The fourth-order valence-electron chi connectivity index (χ4n) is 2.46. The topological polar surface area (TPSA) is 64.3 Å². The van der Waals surface area contributed by atoms with Gasteiger partial charge in [0.1, 0.15) is 0 Å². The summed E-state index contributed by atoms with van der Waals surface area (Å²) in [5.41, 5.74) is 8.21. The number of carbonyl (C=O) groups excluding carboxylic acids is 1. The molecule has 1 saturated heterocycles. The number of rotatable bonds is 4. The molecule has 2 rings (SSSR count). The van der Waals surface area contributed by atoms with Crippen molar-refractivity contribution in [2.75, 3.05) is 11.1 Å². The number of aryl methyl sites for hydroxylation is 1. The highest BCUT2D eigenvalue weighted by Gasteiger charge is 2.22. The van der Waals surface area contributed by atoms with E-state index >= 15 is 0 Å². The van der Waals surface area contributed by atoms with Crippen LogP contribution in [0.5, 0.6) is 0 Å². The highest BCUT2D eigenvalue weighted by atomic mass is 79.9. The van der Waals surface area contributed by atoms with Crippen LogP contribution in [-0.4, -0.2) is 18.1 Å². The lowest BCUT2D eigenvalue weighted by Gasteiger charge is -2.13. The molecule has 0 spiro atoms. The van der Waals surface area contributed by atoms with Crippen LogP contribution in [-0.2, 0) is 9.53 Å². The zero-order valence-corrected chi connectivity index (χ0v) is 14.7. The maximum atomic E-state index is 12.0. The summed E-state index contributed by atoms with van der Waals surface area (Å²) in [4.78, 5) is 12.0. The molecule has 21 heavy (non-hydrogen) atoms. The molecule has 0 aromatic heterocycles. The first-order valence-electron chi connectivity index (χ1n) is 6.96. The minimum absolute atomic E-state index is 0. The van der Waals surface area contributed by atoms with E-state index in [2.05, 4.69) is 28.2 Å². The first kappa shape index (κ1) is 18.3. The summed E-state index contributed by atoms with van der Waals surface area (Å²) in [6, 6.07) is 3.76. The highest BCUT2D eigenvalue weighted by Crippen LogP contribution is 2.28. The largest absolute Gasteiger partial charge is 0.397 e. The van der Waals surface area contributed by atoms with E-state index in [0.29, 0.717) is 23.9 Å². The van der Waals surface area contributed by atoms with E-state index in [4.69, 9.17) is 10.5 Å². The summed E-state index contributed by atoms with van der Waals surface area (Å²) in [5, 5.41) is 2.88. The van der Waals surface area contributed by atoms with Crippen LogP contribution in [0, 0.1) is 6.92 Å². The van der Waals surface area contributed by atoms with Gasteiger partial charge in [0, 0.05) is 10.9 Å². The molecular formula is C15H22BrClN2O2. The molecular weight excluding hydrogens is 356 g/mol. The summed E-state index contributed by atoms with van der Waals surface area (Å²) in [5.74, 6) is -0.0163. The average Bonchev–Trinajstić information content (AvgIpc) is 2.79. The van der Waals surface area contributed by atoms with E-state index in [0.717, 1.165) is 29.3 Å². The van der Waals surface area contributed by atoms with Gasteiger partial charge in [-0.3, -0.25) is 4.79 Å². The molecule has 1 aromatic rings. The number of halogens is 2. The van der Waals surface area contributed by atoms with Crippen LogP contribution in [0.1, 0.15) is 38.2 Å². The fourth-order valence-corrected chi connectivity index (χ4v) is 3.03. The number of nitrogens with two attached hydrogens (primary N) is 1. The Labute approximate surface area is 140 Å². The number of hydrogen-bond acceptors (Lipinski definition) is 3. The second-order valence-electron chi connectivity index (χ2n) is 5.42. The predicted octanol–water partition coefficient (Wildman–Crippen LogP) is 4.05. The lowest BCUT2D eigenvalue weighted by molar-refractivity contribution is -0.116. The lowest BCUT2D eigenvalue weighted by Crippen LogP contribution is -2.17. The molecule has 6 heteroatoms. The second kappa shape index (κ2) is 8.01. The molecule has 4 nitrogen and oxygen atoms in total. The van der Waals surface area contributed by atoms with Crippen LogP contribution >= 0.6 is 28.3 Å². The average molecular weight is 378 g/mol. The minimum Gasteiger partial charge on any atom is -0.397 e. The number of carbonyl (C=O) groups is 1. The minimum atomic E-state index is -0.0163. The van der Waals surface area contributed by atoms with Gasteiger partial charge in [-0.1, -0.05) is 15.9 Å². The van der Waals surface area contributed by atoms with Crippen molar-refractivity contribution in [3.63, 3.8) is 0 Å². The van der Waals surface area contributed by atoms with Crippen LogP contribution in [0.4, 0.5) is 11.4 Å². The third kappa shape index (κ3) is 5.16. The summed E-state index contributed by atoms with van der Waals surface area (Å²) in [6.45, 7) is 3.99. The summed E-state index contributed by atoms with van der Waals surface area (Å²) in [6.07, 6.45) is 3.91. The van der Waals surface area contributed by atoms with Crippen molar-refractivity contribution in [3.05, 3.63) is 22.2 Å². The van der Waals surface area contributed by atoms with Crippen molar-refractivity contribution in [3.8, 4) is 0 Å². The summed E-state index contributed by atoms with van der Waals surface area (Å²) < 4.78 is 6.62. The third-order valence-electron chi connectivity index (χ3n) is 3.64. The molecule has 2 unspecified atom stereocenters. The maximum Gasteiger partial charge on any atom is 0.224 e. The van der Waals surface area contributed by atoms with Crippen molar-refractivity contribution in [2.24, 2.45) is 0 Å². The Hall–Kier alpha value is -0.780. The number of nitrogens with one attached hydrogen (secondary N) is 1. The first-order chi connectivity index (χ1) is 9.45. The molecule has 1 aromatic carbocycles. The normalized spacial score (nSPS) is 20.9. The molecule has 0 aliphatic carbocycles. The number of ether oxygens (including phenoxy) is 1. The number of benzene rings is 1. The fraction of sp³-hybridized carbons (Fsp3) is 0.533.